The van der Waals surface area contributed by atoms with Crippen LogP contribution in [0.25, 0.3) is 5.57 Å². The summed E-state index contributed by atoms with van der Waals surface area (Å²) in [5, 5.41) is 10.2. The highest BCUT2D eigenvalue weighted by Crippen LogP contribution is 2.33. The van der Waals surface area contributed by atoms with Crippen LogP contribution < -0.4 is 0 Å². The van der Waals surface area contributed by atoms with Crippen molar-refractivity contribution in [1.29, 1.82) is 0 Å². The number of hydrazine groups is 1. The Morgan fingerprint density at radius 1 is 1.23 bits per heavy atom. The molecular formula is C20H33N4S2+. The van der Waals surface area contributed by atoms with Gasteiger partial charge in [0.2, 0.25) is 11.9 Å². The summed E-state index contributed by atoms with van der Waals surface area (Å²) in [6.45, 7) is 14.7. The minimum Gasteiger partial charge on any atom is -0.241 e. The number of hydrogen-bond acceptors (Lipinski definition) is 5. The van der Waals surface area contributed by atoms with Crippen molar-refractivity contribution in [2.45, 2.75) is 53.4 Å². The molecule has 26 heavy (non-hydrogen) atoms. The van der Waals surface area contributed by atoms with Crippen LogP contribution in [0.1, 0.15) is 64.1 Å². The second-order valence-corrected chi connectivity index (χ2v) is 10.1. The maximum absolute atomic E-state index is 4.68. The summed E-state index contributed by atoms with van der Waals surface area (Å²) in [4.78, 5) is 4.68. The summed E-state index contributed by atoms with van der Waals surface area (Å²) in [6.07, 6.45) is 4.88. The van der Waals surface area contributed by atoms with E-state index in [2.05, 4.69) is 65.4 Å². The summed E-state index contributed by atoms with van der Waals surface area (Å²) in [5.41, 5.74) is 2.68. The van der Waals surface area contributed by atoms with Gasteiger partial charge in [0, 0.05) is 22.3 Å². The molecule has 1 atom stereocenters. The van der Waals surface area contributed by atoms with Crippen molar-refractivity contribution in [2.75, 3.05) is 25.4 Å². The van der Waals surface area contributed by atoms with Crippen LogP contribution in [0.15, 0.2) is 16.6 Å². The van der Waals surface area contributed by atoms with Crippen LogP contribution in [-0.4, -0.2) is 39.6 Å². The van der Waals surface area contributed by atoms with Gasteiger partial charge in [-0.2, -0.15) is 0 Å². The Morgan fingerprint density at radius 2 is 2.00 bits per heavy atom. The lowest BCUT2D eigenvalue weighted by Crippen LogP contribution is -2.51. The summed E-state index contributed by atoms with van der Waals surface area (Å²) < 4.78 is 2.08. The van der Waals surface area contributed by atoms with Gasteiger partial charge in [0.05, 0.1) is 33.8 Å². The fraction of sp³-hybridized carbons (Fsp3) is 0.750. The number of rotatable bonds is 4. The molecule has 2 aliphatic heterocycles. The molecular weight excluding hydrogens is 360 g/mol. The summed E-state index contributed by atoms with van der Waals surface area (Å²) in [5.74, 6) is 4.18. The minimum atomic E-state index is 0.563. The van der Waals surface area contributed by atoms with Gasteiger partial charge in [0.1, 0.15) is 6.54 Å². The van der Waals surface area contributed by atoms with Gasteiger partial charge in [-0.15, -0.1) is 16.3 Å². The van der Waals surface area contributed by atoms with E-state index in [0.29, 0.717) is 5.92 Å². The number of nitrogens with zero attached hydrogens (tertiary/aromatic N) is 4. The van der Waals surface area contributed by atoms with Crippen LogP contribution in [0.3, 0.4) is 0 Å². The van der Waals surface area contributed by atoms with Crippen LogP contribution in [0.2, 0.25) is 0 Å². The molecule has 4 rings (SSSR count). The third-order valence-corrected chi connectivity index (χ3v) is 7.38. The molecule has 1 aliphatic carbocycles. The zero-order valence-electron chi connectivity index (χ0n) is 16.8. The normalized spacial score (nSPS) is 23.0. The van der Waals surface area contributed by atoms with Crippen LogP contribution in [-0.2, 0) is 0 Å². The Morgan fingerprint density at radius 3 is 2.50 bits per heavy atom. The first-order chi connectivity index (χ1) is 12.4. The molecule has 1 fully saturated rings. The Hall–Kier alpha value is -0.880. The molecule has 4 nitrogen and oxygen atoms in total. The molecule has 1 unspecified atom stereocenters. The monoisotopic (exact) mass is 393 g/mol. The third kappa shape index (κ3) is 4.89. The molecule has 144 valence electrons. The number of hydrogen-bond donors (Lipinski definition) is 0. The molecule has 6 heteroatoms. The van der Waals surface area contributed by atoms with E-state index in [0.717, 1.165) is 30.1 Å². The van der Waals surface area contributed by atoms with E-state index in [-0.39, 0.29) is 0 Å². The van der Waals surface area contributed by atoms with E-state index in [4.69, 9.17) is 0 Å². The second-order valence-electron chi connectivity index (χ2n) is 8.26. The summed E-state index contributed by atoms with van der Waals surface area (Å²) >= 11 is 3.63. The van der Waals surface area contributed by atoms with Crippen molar-refractivity contribution < 1.29 is 4.21 Å². The van der Waals surface area contributed by atoms with Gasteiger partial charge in [0.25, 0.3) is 0 Å². The van der Waals surface area contributed by atoms with Gasteiger partial charge >= 0.3 is 0 Å². The zero-order valence-corrected chi connectivity index (χ0v) is 18.4. The fourth-order valence-corrected chi connectivity index (χ4v) is 4.96. The van der Waals surface area contributed by atoms with Gasteiger partial charge in [-0.1, -0.05) is 40.7 Å². The molecule has 0 bridgehead atoms. The largest absolute Gasteiger partial charge is 0.241 e. The lowest BCUT2D eigenvalue weighted by molar-refractivity contribution is -0.628. The maximum Gasteiger partial charge on any atom is 0.225 e. The zero-order chi connectivity index (χ0) is 18.7. The van der Waals surface area contributed by atoms with Crippen LogP contribution >= 0.6 is 23.3 Å². The molecule has 1 aromatic heterocycles. The molecule has 3 heterocycles. The molecule has 1 saturated heterocycles. The van der Waals surface area contributed by atoms with E-state index in [9.17, 15) is 0 Å². The first kappa shape index (κ1) is 19.9. The highest BCUT2D eigenvalue weighted by Gasteiger charge is 2.38. The average molecular weight is 394 g/mol. The number of allylic oxidation sites excluding steroid dienone is 2. The van der Waals surface area contributed by atoms with Crippen molar-refractivity contribution in [2.24, 2.45) is 22.9 Å². The summed E-state index contributed by atoms with van der Waals surface area (Å²) in [6, 6.07) is 0. The van der Waals surface area contributed by atoms with Crippen LogP contribution in [0.5, 0.6) is 0 Å². The Kier molecular flexibility index (Phi) is 6.78. The van der Waals surface area contributed by atoms with Gasteiger partial charge in [-0.25, -0.2) is 4.98 Å². The van der Waals surface area contributed by atoms with E-state index < -0.39 is 0 Å². The summed E-state index contributed by atoms with van der Waals surface area (Å²) in [7, 11) is 0. The Labute approximate surface area is 166 Å². The van der Waals surface area contributed by atoms with E-state index >= 15 is 0 Å². The fourth-order valence-electron chi connectivity index (χ4n) is 3.32. The molecule has 0 amide bonds. The average Bonchev–Trinajstić information content (AvgIpc) is 3.26. The molecule has 0 spiro atoms. The van der Waals surface area contributed by atoms with Gasteiger partial charge in [-0.3, -0.25) is 0 Å². The van der Waals surface area contributed by atoms with Crippen LogP contribution in [0.4, 0.5) is 0 Å². The highest BCUT2D eigenvalue weighted by molar-refractivity contribution is 7.93. The van der Waals surface area contributed by atoms with Gasteiger partial charge < -0.3 is 0 Å². The van der Waals surface area contributed by atoms with E-state index in [1.165, 1.54) is 42.2 Å². The van der Waals surface area contributed by atoms with Crippen molar-refractivity contribution >= 4 is 28.9 Å². The van der Waals surface area contributed by atoms with Gasteiger partial charge in [0.15, 0.2) is 0 Å². The second kappa shape index (κ2) is 8.87. The lowest BCUT2D eigenvalue weighted by atomic mass is 9.90. The van der Waals surface area contributed by atoms with E-state index in [1.807, 2.05) is 11.9 Å². The van der Waals surface area contributed by atoms with Crippen molar-refractivity contribution in [1.82, 2.24) is 9.99 Å². The number of thiazole rings is 1. The van der Waals surface area contributed by atoms with Crippen molar-refractivity contribution in [3.63, 3.8) is 0 Å². The molecule has 0 aromatic carbocycles. The molecule has 0 radical (unpaired) electrons. The quantitative estimate of drug-likeness (QED) is 0.486. The predicted octanol–water partition coefficient (Wildman–Crippen LogP) is 5.70. The van der Waals surface area contributed by atoms with Crippen LogP contribution in [0, 0.1) is 17.8 Å². The molecule has 0 saturated carbocycles. The smallest absolute Gasteiger partial charge is 0.225 e. The maximum atomic E-state index is 4.68. The van der Waals surface area contributed by atoms with Crippen molar-refractivity contribution in [3.05, 3.63) is 22.2 Å². The predicted molar refractivity (Wildman–Crippen MR) is 112 cm³/mol. The topological polar surface area (TPSA) is 31.5 Å². The molecule has 1 aromatic rings. The third-order valence-electron chi connectivity index (χ3n) is 5.29. The SMILES string of the molecule is CC(C)C1CN([N+]2=NCCS2)C1.CC1C=C(c2csc(C(C)C)n2)CC1. The first-order valence-corrected chi connectivity index (χ1v) is 11.8. The van der Waals surface area contributed by atoms with Gasteiger partial charge in [-0.05, 0) is 30.3 Å². The Balaban J connectivity index is 0.000000152. The first-order valence-electron chi connectivity index (χ1n) is 9.95. The number of aromatic nitrogens is 1. The Bertz CT molecular complexity index is 657. The molecule has 0 N–H and O–H groups in total. The van der Waals surface area contributed by atoms with E-state index in [1.54, 1.807) is 11.3 Å². The minimum absolute atomic E-state index is 0.563. The lowest BCUT2D eigenvalue weighted by Gasteiger charge is -2.35. The standard InChI is InChI=1S/C12H17NS.C8H16N3S/c1-8(2)12-13-11(7-14-12)10-5-4-9(3)6-10;1-7(2)8-5-10(6-8)11-9-3-4-12-11/h6-9H,4-5H2,1-3H3;7-8H,3-6H2,1-2H3/q;+1. The molecule has 3 aliphatic rings. The highest BCUT2D eigenvalue weighted by atomic mass is 32.2. The van der Waals surface area contributed by atoms with Crippen molar-refractivity contribution in [3.8, 4) is 0 Å².